The van der Waals surface area contributed by atoms with Crippen molar-refractivity contribution in [2.45, 2.75) is 6.42 Å². The average Bonchev–Trinajstić information content (AvgIpc) is 2.54. The number of hydrogen-bond acceptors (Lipinski definition) is 3. The second-order valence-corrected chi connectivity index (χ2v) is 5.38. The maximum Gasteiger partial charge on any atom is 0.239 e. The Morgan fingerprint density at radius 2 is 1.68 bits per heavy atom. The Kier molecular flexibility index (Phi) is 5.83. The quantitative estimate of drug-likeness (QED) is 0.825. The summed E-state index contributed by atoms with van der Waals surface area (Å²) in [5, 5.41) is 6.05. The van der Waals surface area contributed by atoms with Crippen LogP contribution in [0.2, 0.25) is 0 Å². The molecule has 0 radical (unpaired) electrons. The number of hydrogen-bond donors (Lipinski definition) is 2. The molecule has 0 bridgehead atoms. The normalized spacial score (nSPS) is 10.1. The zero-order valence-corrected chi connectivity index (χ0v) is 13.2. The molecule has 0 saturated carbocycles. The summed E-state index contributed by atoms with van der Waals surface area (Å²) in [6.07, 6.45) is 0.851. The summed E-state index contributed by atoms with van der Waals surface area (Å²) in [6.45, 7) is 0.945. The van der Waals surface area contributed by atoms with Gasteiger partial charge in [-0.25, -0.2) is 0 Å². The first-order valence-corrected chi connectivity index (χ1v) is 7.47. The summed E-state index contributed by atoms with van der Waals surface area (Å²) < 4.78 is 0. The van der Waals surface area contributed by atoms with Gasteiger partial charge >= 0.3 is 0 Å². The standard InChI is InChI=1S/C18H23N3O/c1-21(2)17-10-8-16(9-11-17)20-14-18(22)19-13-12-15-6-4-3-5-7-15/h3-11,20H,12-14H2,1-2H3,(H,19,22). The molecule has 0 heterocycles. The Hall–Kier alpha value is -2.49. The molecule has 0 aliphatic heterocycles. The molecular weight excluding hydrogens is 274 g/mol. The van der Waals surface area contributed by atoms with Crippen LogP contribution in [0.25, 0.3) is 0 Å². The van der Waals surface area contributed by atoms with Crippen molar-refractivity contribution in [2.24, 2.45) is 0 Å². The summed E-state index contributed by atoms with van der Waals surface area (Å²) in [7, 11) is 4.01. The van der Waals surface area contributed by atoms with Gasteiger partial charge in [0.2, 0.25) is 5.91 Å². The average molecular weight is 297 g/mol. The molecule has 4 heteroatoms. The lowest BCUT2D eigenvalue weighted by molar-refractivity contribution is -0.119. The van der Waals surface area contributed by atoms with Crippen LogP contribution in [-0.4, -0.2) is 33.1 Å². The zero-order chi connectivity index (χ0) is 15.8. The van der Waals surface area contributed by atoms with Crippen LogP contribution in [0.5, 0.6) is 0 Å². The summed E-state index contributed by atoms with van der Waals surface area (Å²) in [6, 6.07) is 18.2. The fourth-order valence-corrected chi connectivity index (χ4v) is 2.11. The fourth-order valence-electron chi connectivity index (χ4n) is 2.11. The molecule has 0 aliphatic carbocycles. The van der Waals surface area contributed by atoms with E-state index in [-0.39, 0.29) is 12.5 Å². The van der Waals surface area contributed by atoms with E-state index in [1.54, 1.807) is 0 Å². The second-order valence-electron chi connectivity index (χ2n) is 5.38. The molecule has 22 heavy (non-hydrogen) atoms. The van der Waals surface area contributed by atoms with E-state index in [1.807, 2.05) is 61.5 Å². The SMILES string of the molecule is CN(C)c1ccc(NCC(=O)NCCc2ccccc2)cc1. The van der Waals surface area contributed by atoms with Crippen molar-refractivity contribution >= 4 is 17.3 Å². The van der Waals surface area contributed by atoms with Crippen molar-refractivity contribution in [3.8, 4) is 0 Å². The third kappa shape index (κ3) is 5.13. The smallest absolute Gasteiger partial charge is 0.239 e. The molecule has 0 unspecified atom stereocenters. The molecule has 116 valence electrons. The van der Waals surface area contributed by atoms with Gasteiger partial charge in [0, 0.05) is 32.0 Å². The summed E-state index contributed by atoms with van der Waals surface area (Å²) in [4.78, 5) is 13.8. The van der Waals surface area contributed by atoms with Crippen LogP contribution in [0.15, 0.2) is 54.6 Å². The van der Waals surface area contributed by atoms with Gasteiger partial charge in [-0.05, 0) is 36.2 Å². The highest BCUT2D eigenvalue weighted by atomic mass is 16.1. The lowest BCUT2D eigenvalue weighted by Gasteiger charge is -2.13. The Balaban J connectivity index is 1.69. The molecule has 4 nitrogen and oxygen atoms in total. The molecule has 0 aromatic heterocycles. The third-order valence-electron chi connectivity index (χ3n) is 3.42. The van der Waals surface area contributed by atoms with Crippen LogP contribution >= 0.6 is 0 Å². The summed E-state index contributed by atoms with van der Waals surface area (Å²) >= 11 is 0. The number of amides is 1. The summed E-state index contributed by atoms with van der Waals surface area (Å²) in [5.74, 6) is 0.00705. The van der Waals surface area contributed by atoms with Crippen LogP contribution in [0.3, 0.4) is 0 Å². The maximum absolute atomic E-state index is 11.8. The first-order chi connectivity index (χ1) is 10.6. The lowest BCUT2D eigenvalue weighted by Crippen LogP contribution is -2.31. The van der Waals surface area contributed by atoms with Crippen LogP contribution < -0.4 is 15.5 Å². The molecule has 0 spiro atoms. The van der Waals surface area contributed by atoms with Crippen molar-refractivity contribution in [3.05, 3.63) is 60.2 Å². The van der Waals surface area contributed by atoms with E-state index < -0.39 is 0 Å². The number of nitrogens with zero attached hydrogens (tertiary/aromatic N) is 1. The molecule has 0 atom stereocenters. The highest BCUT2D eigenvalue weighted by molar-refractivity contribution is 5.80. The second kappa shape index (κ2) is 8.08. The monoisotopic (exact) mass is 297 g/mol. The van der Waals surface area contributed by atoms with Gasteiger partial charge in [-0.2, -0.15) is 0 Å². The van der Waals surface area contributed by atoms with Crippen LogP contribution in [-0.2, 0) is 11.2 Å². The van der Waals surface area contributed by atoms with E-state index in [0.717, 1.165) is 17.8 Å². The molecule has 1 amide bonds. The van der Waals surface area contributed by atoms with Crippen LogP contribution in [0, 0.1) is 0 Å². The van der Waals surface area contributed by atoms with E-state index in [4.69, 9.17) is 0 Å². The van der Waals surface area contributed by atoms with Gasteiger partial charge in [0.1, 0.15) is 0 Å². The van der Waals surface area contributed by atoms with Gasteiger partial charge in [-0.15, -0.1) is 0 Å². The first-order valence-electron chi connectivity index (χ1n) is 7.47. The van der Waals surface area contributed by atoms with Crippen molar-refractivity contribution in [2.75, 3.05) is 37.4 Å². The van der Waals surface area contributed by atoms with E-state index >= 15 is 0 Å². The number of carbonyl (C=O) groups is 1. The number of anilines is 2. The number of carbonyl (C=O) groups excluding carboxylic acids is 1. The molecule has 2 N–H and O–H groups in total. The minimum absolute atomic E-state index is 0.00705. The van der Waals surface area contributed by atoms with Gasteiger partial charge in [-0.1, -0.05) is 30.3 Å². The minimum atomic E-state index is 0.00705. The van der Waals surface area contributed by atoms with Crippen molar-refractivity contribution in [1.29, 1.82) is 0 Å². The van der Waals surface area contributed by atoms with Crippen molar-refractivity contribution < 1.29 is 4.79 Å². The predicted molar refractivity (Wildman–Crippen MR) is 92.4 cm³/mol. The molecule has 2 aromatic carbocycles. The Labute approximate surface area is 132 Å². The van der Waals surface area contributed by atoms with E-state index in [0.29, 0.717) is 6.54 Å². The number of nitrogens with one attached hydrogen (secondary N) is 2. The van der Waals surface area contributed by atoms with Gasteiger partial charge in [0.25, 0.3) is 0 Å². The van der Waals surface area contributed by atoms with Crippen LogP contribution in [0.1, 0.15) is 5.56 Å². The maximum atomic E-state index is 11.8. The van der Waals surface area contributed by atoms with E-state index in [1.165, 1.54) is 5.56 Å². The van der Waals surface area contributed by atoms with E-state index in [9.17, 15) is 4.79 Å². The van der Waals surface area contributed by atoms with Gasteiger partial charge in [-0.3, -0.25) is 4.79 Å². The van der Waals surface area contributed by atoms with Crippen molar-refractivity contribution in [3.63, 3.8) is 0 Å². The Morgan fingerprint density at radius 1 is 1.00 bits per heavy atom. The molecule has 0 aliphatic rings. The number of benzene rings is 2. The largest absolute Gasteiger partial charge is 0.378 e. The Morgan fingerprint density at radius 3 is 2.32 bits per heavy atom. The number of rotatable bonds is 7. The molecule has 2 aromatic rings. The molecule has 2 rings (SSSR count). The highest BCUT2D eigenvalue weighted by Crippen LogP contribution is 2.15. The molecule has 0 fully saturated rings. The highest BCUT2D eigenvalue weighted by Gasteiger charge is 2.01. The zero-order valence-electron chi connectivity index (χ0n) is 13.2. The summed E-state index contributed by atoms with van der Waals surface area (Å²) in [5.41, 5.74) is 3.32. The molecule has 0 saturated heterocycles. The topological polar surface area (TPSA) is 44.4 Å². The van der Waals surface area contributed by atoms with Crippen LogP contribution in [0.4, 0.5) is 11.4 Å². The van der Waals surface area contributed by atoms with Gasteiger partial charge in [0.05, 0.1) is 6.54 Å². The third-order valence-corrected chi connectivity index (χ3v) is 3.42. The Bertz CT molecular complexity index is 579. The predicted octanol–water partition coefficient (Wildman–Crippen LogP) is 2.52. The molecular formula is C18H23N3O. The van der Waals surface area contributed by atoms with Gasteiger partial charge in [0.15, 0.2) is 0 Å². The fraction of sp³-hybridized carbons (Fsp3) is 0.278. The first kappa shape index (κ1) is 15.9. The van der Waals surface area contributed by atoms with Gasteiger partial charge < -0.3 is 15.5 Å². The van der Waals surface area contributed by atoms with Crippen molar-refractivity contribution in [1.82, 2.24) is 5.32 Å². The lowest BCUT2D eigenvalue weighted by atomic mass is 10.1. The van der Waals surface area contributed by atoms with E-state index in [2.05, 4.69) is 22.8 Å². The minimum Gasteiger partial charge on any atom is -0.378 e.